The Balaban J connectivity index is 2.18. The maximum Gasteiger partial charge on any atom is 0.102 e. The maximum absolute atomic E-state index is 9.30. The molecular formula is C12H18N2O3. The Bertz CT molecular complexity index is 361. The number of aromatic nitrogens is 1. The number of methoxy groups -OCH3 is 2. The molecule has 1 fully saturated rings. The van der Waals surface area contributed by atoms with Crippen molar-refractivity contribution in [1.82, 2.24) is 4.98 Å². The number of hydrogen-bond donors (Lipinski definition) is 1. The second-order valence-corrected chi connectivity index (χ2v) is 4.12. The first-order valence-corrected chi connectivity index (χ1v) is 5.64. The Labute approximate surface area is 101 Å². The van der Waals surface area contributed by atoms with E-state index in [4.69, 9.17) is 9.47 Å². The van der Waals surface area contributed by atoms with Gasteiger partial charge < -0.3 is 19.5 Å². The van der Waals surface area contributed by atoms with Crippen LogP contribution in [0.2, 0.25) is 0 Å². The van der Waals surface area contributed by atoms with Crippen LogP contribution in [0.15, 0.2) is 18.5 Å². The molecule has 0 aliphatic carbocycles. The molecule has 2 rings (SSSR count). The van der Waals surface area contributed by atoms with Crippen LogP contribution in [0, 0.1) is 0 Å². The summed E-state index contributed by atoms with van der Waals surface area (Å²) >= 11 is 0. The Morgan fingerprint density at radius 3 is 2.53 bits per heavy atom. The van der Waals surface area contributed by atoms with Gasteiger partial charge in [-0.2, -0.15) is 0 Å². The predicted octanol–water partition coefficient (Wildman–Crippen LogP) is 0.424. The largest absolute Gasteiger partial charge is 0.392 e. The molecule has 1 aliphatic rings. The minimum Gasteiger partial charge on any atom is -0.392 e. The van der Waals surface area contributed by atoms with E-state index in [1.807, 2.05) is 6.07 Å². The standard InChI is InChI=1S/C12H18N2O3/c1-16-11-6-14(7-12(11)17-2)10-3-4-13-5-9(10)8-15/h3-5,11-12,15H,6-8H2,1-2H3. The van der Waals surface area contributed by atoms with Gasteiger partial charge in [0.25, 0.3) is 0 Å². The minimum atomic E-state index is -0.00499. The number of anilines is 1. The molecular weight excluding hydrogens is 220 g/mol. The number of aliphatic hydroxyl groups is 1. The molecule has 5 nitrogen and oxygen atoms in total. The van der Waals surface area contributed by atoms with Gasteiger partial charge >= 0.3 is 0 Å². The second-order valence-electron chi connectivity index (χ2n) is 4.12. The maximum atomic E-state index is 9.30. The number of pyridine rings is 1. The minimum absolute atomic E-state index is 0.00499. The van der Waals surface area contributed by atoms with Gasteiger partial charge in [-0.3, -0.25) is 4.98 Å². The van der Waals surface area contributed by atoms with Gasteiger partial charge in [0.05, 0.1) is 6.61 Å². The van der Waals surface area contributed by atoms with Crippen molar-refractivity contribution in [3.8, 4) is 0 Å². The van der Waals surface area contributed by atoms with Crippen LogP contribution in [0.5, 0.6) is 0 Å². The van der Waals surface area contributed by atoms with E-state index in [0.29, 0.717) is 0 Å². The van der Waals surface area contributed by atoms with E-state index in [-0.39, 0.29) is 18.8 Å². The molecule has 1 N–H and O–H groups in total. The highest BCUT2D eigenvalue weighted by Crippen LogP contribution is 2.26. The van der Waals surface area contributed by atoms with Crippen LogP contribution in [0.3, 0.4) is 0 Å². The molecule has 1 saturated heterocycles. The molecule has 5 heteroatoms. The summed E-state index contributed by atoms with van der Waals surface area (Å²) in [6.45, 7) is 1.53. The molecule has 2 atom stereocenters. The quantitative estimate of drug-likeness (QED) is 0.824. The summed E-state index contributed by atoms with van der Waals surface area (Å²) in [5, 5.41) is 9.30. The summed E-state index contributed by atoms with van der Waals surface area (Å²) in [5.74, 6) is 0. The van der Waals surface area contributed by atoms with E-state index in [0.717, 1.165) is 24.3 Å². The molecule has 2 heterocycles. The lowest BCUT2D eigenvalue weighted by Crippen LogP contribution is -2.27. The zero-order valence-corrected chi connectivity index (χ0v) is 10.2. The number of hydrogen-bond acceptors (Lipinski definition) is 5. The Kier molecular flexibility index (Phi) is 3.93. The van der Waals surface area contributed by atoms with E-state index in [9.17, 15) is 5.11 Å². The topological polar surface area (TPSA) is 54.8 Å². The van der Waals surface area contributed by atoms with Crippen molar-refractivity contribution in [3.63, 3.8) is 0 Å². The summed E-state index contributed by atoms with van der Waals surface area (Å²) in [4.78, 5) is 6.18. The highest BCUT2D eigenvalue weighted by molar-refractivity contribution is 5.53. The zero-order chi connectivity index (χ0) is 12.3. The van der Waals surface area contributed by atoms with Crippen molar-refractivity contribution in [1.29, 1.82) is 0 Å². The summed E-state index contributed by atoms with van der Waals surface area (Å²) in [6, 6.07) is 1.91. The van der Waals surface area contributed by atoms with E-state index < -0.39 is 0 Å². The third-order valence-corrected chi connectivity index (χ3v) is 3.21. The summed E-state index contributed by atoms with van der Waals surface area (Å²) in [7, 11) is 3.39. The number of ether oxygens (including phenoxy) is 2. The fourth-order valence-electron chi connectivity index (χ4n) is 2.24. The van der Waals surface area contributed by atoms with E-state index in [1.165, 1.54) is 0 Å². The predicted molar refractivity (Wildman–Crippen MR) is 64.0 cm³/mol. The average molecular weight is 238 g/mol. The zero-order valence-electron chi connectivity index (χ0n) is 10.2. The fraction of sp³-hybridized carbons (Fsp3) is 0.583. The fourth-order valence-corrected chi connectivity index (χ4v) is 2.24. The van der Waals surface area contributed by atoms with E-state index in [2.05, 4.69) is 9.88 Å². The first kappa shape index (κ1) is 12.3. The third-order valence-electron chi connectivity index (χ3n) is 3.21. The molecule has 0 aromatic carbocycles. The van der Waals surface area contributed by atoms with Gasteiger partial charge in [0.1, 0.15) is 12.2 Å². The first-order valence-electron chi connectivity index (χ1n) is 5.64. The van der Waals surface area contributed by atoms with Gasteiger partial charge in [0.15, 0.2) is 0 Å². The van der Waals surface area contributed by atoms with Crippen molar-refractivity contribution < 1.29 is 14.6 Å². The third kappa shape index (κ3) is 2.41. The molecule has 0 bridgehead atoms. The summed E-state index contributed by atoms with van der Waals surface area (Å²) < 4.78 is 10.8. The normalized spacial score (nSPS) is 24.3. The van der Waals surface area contributed by atoms with Crippen molar-refractivity contribution in [2.24, 2.45) is 0 Å². The van der Waals surface area contributed by atoms with Crippen LogP contribution < -0.4 is 4.90 Å². The van der Waals surface area contributed by atoms with Crippen molar-refractivity contribution in [3.05, 3.63) is 24.0 Å². The van der Waals surface area contributed by atoms with Crippen molar-refractivity contribution >= 4 is 5.69 Å². The van der Waals surface area contributed by atoms with Gasteiger partial charge in [-0.15, -0.1) is 0 Å². The molecule has 1 aliphatic heterocycles. The van der Waals surface area contributed by atoms with Gasteiger partial charge in [-0.05, 0) is 6.07 Å². The molecule has 0 radical (unpaired) electrons. The summed E-state index contributed by atoms with van der Waals surface area (Å²) in [5.41, 5.74) is 1.84. The molecule has 0 saturated carbocycles. The Morgan fingerprint density at radius 1 is 1.35 bits per heavy atom. The van der Waals surface area contributed by atoms with Crippen LogP contribution in [0.1, 0.15) is 5.56 Å². The SMILES string of the molecule is COC1CN(c2ccncc2CO)CC1OC. The van der Waals surface area contributed by atoms with Gasteiger partial charge in [0, 0.05) is 51.0 Å². The van der Waals surface area contributed by atoms with Crippen LogP contribution in [-0.4, -0.2) is 49.6 Å². The molecule has 1 aromatic heterocycles. The first-order chi connectivity index (χ1) is 8.30. The molecule has 94 valence electrons. The molecule has 2 unspecified atom stereocenters. The van der Waals surface area contributed by atoms with Crippen LogP contribution in [-0.2, 0) is 16.1 Å². The Morgan fingerprint density at radius 2 is 2.00 bits per heavy atom. The molecule has 1 aromatic rings. The highest BCUT2D eigenvalue weighted by Gasteiger charge is 2.33. The lowest BCUT2D eigenvalue weighted by atomic mass is 10.2. The number of rotatable bonds is 4. The average Bonchev–Trinajstić information content (AvgIpc) is 2.81. The lowest BCUT2D eigenvalue weighted by molar-refractivity contribution is -0.00461. The molecule has 17 heavy (non-hydrogen) atoms. The summed E-state index contributed by atoms with van der Waals surface area (Å²) in [6.07, 6.45) is 3.56. The smallest absolute Gasteiger partial charge is 0.102 e. The van der Waals surface area contributed by atoms with Gasteiger partial charge in [-0.25, -0.2) is 0 Å². The number of aliphatic hydroxyl groups excluding tert-OH is 1. The van der Waals surface area contributed by atoms with E-state index >= 15 is 0 Å². The Hall–Kier alpha value is -1.17. The lowest BCUT2D eigenvalue weighted by Gasteiger charge is -2.20. The van der Waals surface area contributed by atoms with Crippen LogP contribution >= 0.6 is 0 Å². The van der Waals surface area contributed by atoms with Gasteiger partial charge in [-0.1, -0.05) is 0 Å². The molecule has 0 amide bonds. The molecule has 0 spiro atoms. The van der Waals surface area contributed by atoms with Crippen molar-refractivity contribution in [2.45, 2.75) is 18.8 Å². The van der Waals surface area contributed by atoms with E-state index in [1.54, 1.807) is 26.6 Å². The van der Waals surface area contributed by atoms with Crippen LogP contribution in [0.25, 0.3) is 0 Å². The second kappa shape index (κ2) is 5.44. The highest BCUT2D eigenvalue weighted by atomic mass is 16.5. The van der Waals surface area contributed by atoms with Crippen LogP contribution in [0.4, 0.5) is 5.69 Å². The van der Waals surface area contributed by atoms with Crippen molar-refractivity contribution in [2.75, 3.05) is 32.2 Å². The monoisotopic (exact) mass is 238 g/mol. The van der Waals surface area contributed by atoms with Gasteiger partial charge in [0.2, 0.25) is 0 Å². The number of nitrogens with zero attached hydrogens (tertiary/aromatic N) is 2.